The highest BCUT2D eigenvalue weighted by Crippen LogP contribution is 2.22. The van der Waals surface area contributed by atoms with E-state index in [4.69, 9.17) is 25.8 Å². The number of rotatable bonds is 3. The van der Waals surface area contributed by atoms with Gasteiger partial charge in [0.25, 0.3) is 0 Å². The minimum Gasteiger partial charge on any atom is -0.470 e. The first-order valence-corrected chi connectivity index (χ1v) is 7.46. The standard InChI is InChI=1S/C15H21ClN2O4/c1-15(2,3)22-14(19)18-8-10(20-4)11(9-18)21-13-7-5-6-12(16)17-13/h5-7,10-11H,8-9H2,1-4H3/t10-,11+/m0/s1. The van der Waals surface area contributed by atoms with E-state index in [1.165, 1.54) is 0 Å². The van der Waals surface area contributed by atoms with Gasteiger partial charge in [0.2, 0.25) is 5.88 Å². The van der Waals surface area contributed by atoms with Gasteiger partial charge in [0.05, 0.1) is 13.1 Å². The molecule has 1 amide bonds. The number of carbonyl (C=O) groups is 1. The quantitative estimate of drug-likeness (QED) is 0.798. The number of likely N-dealkylation sites (tertiary alicyclic amines) is 1. The second-order valence-corrected chi connectivity index (χ2v) is 6.50. The van der Waals surface area contributed by atoms with Gasteiger partial charge in [-0.15, -0.1) is 0 Å². The van der Waals surface area contributed by atoms with Crippen LogP contribution in [0.2, 0.25) is 5.15 Å². The molecule has 0 radical (unpaired) electrons. The van der Waals surface area contributed by atoms with Crippen molar-refractivity contribution >= 4 is 17.7 Å². The van der Waals surface area contributed by atoms with Crippen LogP contribution in [0.5, 0.6) is 5.88 Å². The van der Waals surface area contributed by atoms with E-state index in [9.17, 15) is 4.79 Å². The molecule has 1 aliphatic rings. The predicted molar refractivity (Wildman–Crippen MR) is 82.3 cm³/mol. The van der Waals surface area contributed by atoms with Gasteiger partial charge in [-0.3, -0.25) is 0 Å². The molecule has 0 bridgehead atoms. The zero-order valence-electron chi connectivity index (χ0n) is 13.2. The lowest BCUT2D eigenvalue weighted by atomic mass is 10.2. The summed E-state index contributed by atoms with van der Waals surface area (Å²) in [4.78, 5) is 17.8. The van der Waals surface area contributed by atoms with Gasteiger partial charge in [-0.2, -0.15) is 0 Å². The van der Waals surface area contributed by atoms with Crippen LogP contribution in [-0.4, -0.2) is 54.0 Å². The molecular formula is C15H21ClN2O4. The molecule has 1 aromatic heterocycles. The Bertz CT molecular complexity index is 533. The van der Waals surface area contributed by atoms with E-state index in [0.717, 1.165) is 0 Å². The van der Waals surface area contributed by atoms with E-state index in [2.05, 4.69) is 4.98 Å². The maximum absolute atomic E-state index is 12.1. The fraction of sp³-hybridized carbons (Fsp3) is 0.600. The molecule has 22 heavy (non-hydrogen) atoms. The number of hydrogen-bond acceptors (Lipinski definition) is 5. The molecular weight excluding hydrogens is 308 g/mol. The van der Waals surface area contributed by atoms with Gasteiger partial charge in [-0.25, -0.2) is 9.78 Å². The first kappa shape index (κ1) is 16.8. The highest BCUT2D eigenvalue weighted by atomic mass is 35.5. The van der Waals surface area contributed by atoms with Crippen molar-refractivity contribution in [3.8, 4) is 5.88 Å². The van der Waals surface area contributed by atoms with E-state index < -0.39 is 5.60 Å². The van der Waals surface area contributed by atoms with Gasteiger partial charge in [-0.05, 0) is 26.8 Å². The molecule has 6 nitrogen and oxygen atoms in total. The molecule has 122 valence electrons. The summed E-state index contributed by atoms with van der Waals surface area (Å²) >= 11 is 5.85. The van der Waals surface area contributed by atoms with Crippen molar-refractivity contribution in [1.29, 1.82) is 0 Å². The monoisotopic (exact) mass is 328 g/mol. The molecule has 0 spiro atoms. The molecule has 1 aromatic rings. The number of amides is 1. The summed E-state index contributed by atoms with van der Waals surface area (Å²) in [6.45, 7) is 6.29. The van der Waals surface area contributed by atoms with Crippen LogP contribution in [-0.2, 0) is 9.47 Å². The Hall–Kier alpha value is -1.53. The zero-order chi connectivity index (χ0) is 16.3. The molecule has 0 N–H and O–H groups in total. The molecule has 0 saturated carbocycles. The third-order valence-corrected chi connectivity index (χ3v) is 3.34. The van der Waals surface area contributed by atoms with Crippen LogP contribution in [0.25, 0.3) is 0 Å². The van der Waals surface area contributed by atoms with Crippen LogP contribution in [0.3, 0.4) is 0 Å². The highest BCUT2D eigenvalue weighted by Gasteiger charge is 2.39. The number of aromatic nitrogens is 1. The van der Waals surface area contributed by atoms with Crippen molar-refractivity contribution in [1.82, 2.24) is 9.88 Å². The van der Waals surface area contributed by atoms with E-state index >= 15 is 0 Å². The number of nitrogens with zero attached hydrogens (tertiary/aromatic N) is 2. The Morgan fingerprint density at radius 2 is 2.00 bits per heavy atom. The van der Waals surface area contributed by atoms with E-state index in [1.54, 1.807) is 30.2 Å². The molecule has 2 heterocycles. The number of methoxy groups -OCH3 is 1. The minimum atomic E-state index is -0.535. The maximum Gasteiger partial charge on any atom is 0.410 e. The Balaban J connectivity index is 2.02. The highest BCUT2D eigenvalue weighted by molar-refractivity contribution is 6.29. The van der Waals surface area contributed by atoms with Gasteiger partial charge in [0.1, 0.15) is 23.0 Å². The summed E-state index contributed by atoms with van der Waals surface area (Å²) in [7, 11) is 1.59. The molecule has 1 aliphatic heterocycles. The first-order valence-electron chi connectivity index (χ1n) is 7.08. The lowest BCUT2D eigenvalue weighted by Crippen LogP contribution is -2.36. The maximum atomic E-state index is 12.1. The van der Waals surface area contributed by atoms with E-state index in [0.29, 0.717) is 24.1 Å². The van der Waals surface area contributed by atoms with Crippen molar-refractivity contribution in [2.45, 2.75) is 38.6 Å². The second kappa shape index (κ2) is 6.71. The van der Waals surface area contributed by atoms with Gasteiger partial charge in [0, 0.05) is 13.2 Å². The molecule has 1 fully saturated rings. The van der Waals surface area contributed by atoms with E-state index in [-0.39, 0.29) is 18.3 Å². The molecule has 2 atom stereocenters. The Kier molecular flexibility index (Phi) is 5.13. The smallest absolute Gasteiger partial charge is 0.410 e. The fourth-order valence-electron chi connectivity index (χ4n) is 2.17. The molecule has 0 aromatic carbocycles. The van der Waals surface area contributed by atoms with Crippen molar-refractivity contribution in [3.05, 3.63) is 23.4 Å². The lowest BCUT2D eigenvalue weighted by Gasteiger charge is -2.24. The number of carbonyl (C=O) groups excluding carboxylic acids is 1. The summed E-state index contributed by atoms with van der Waals surface area (Å²) in [6, 6.07) is 5.14. The zero-order valence-corrected chi connectivity index (χ0v) is 14.0. The Morgan fingerprint density at radius 3 is 2.59 bits per heavy atom. The van der Waals surface area contributed by atoms with Crippen LogP contribution >= 0.6 is 11.6 Å². The minimum absolute atomic E-state index is 0.242. The van der Waals surface area contributed by atoms with Crippen LogP contribution in [0.4, 0.5) is 4.79 Å². The second-order valence-electron chi connectivity index (χ2n) is 6.11. The average Bonchev–Trinajstić information content (AvgIpc) is 2.80. The number of hydrogen-bond donors (Lipinski definition) is 0. The normalized spacial score (nSPS) is 21.8. The van der Waals surface area contributed by atoms with Crippen LogP contribution in [0.1, 0.15) is 20.8 Å². The van der Waals surface area contributed by atoms with E-state index in [1.807, 2.05) is 20.8 Å². The number of halogens is 1. The number of ether oxygens (including phenoxy) is 3. The van der Waals surface area contributed by atoms with Crippen molar-refractivity contribution < 1.29 is 19.0 Å². The summed E-state index contributed by atoms with van der Waals surface area (Å²) < 4.78 is 16.6. The Morgan fingerprint density at radius 1 is 1.32 bits per heavy atom. The molecule has 7 heteroatoms. The van der Waals surface area contributed by atoms with Crippen molar-refractivity contribution in [2.75, 3.05) is 20.2 Å². The molecule has 2 rings (SSSR count). The SMILES string of the molecule is CO[C@H]1CN(C(=O)OC(C)(C)C)C[C@H]1Oc1cccc(Cl)n1. The van der Waals surface area contributed by atoms with Gasteiger partial charge in [0.15, 0.2) is 0 Å². The average molecular weight is 329 g/mol. The third kappa shape index (κ3) is 4.48. The largest absolute Gasteiger partial charge is 0.470 e. The molecule has 0 unspecified atom stereocenters. The summed E-state index contributed by atoms with van der Waals surface area (Å²) in [5, 5.41) is 0.355. The predicted octanol–water partition coefficient (Wildman–Crippen LogP) is 2.75. The molecule has 0 aliphatic carbocycles. The summed E-state index contributed by atoms with van der Waals surface area (Å²) in [6.07, 6.45) is -0.934. The third-order valence-electron chi connectivity index (χ3n) is 3.13. The van der Waals surface area contributed by atoms with Crippen molar-refractivity contribution in [3.63, 3.8) is 0 Å². The van der Waals surface area contributed by atoms with Crippen LogP contribution in [0.15, 0.2) is 18.2 Å². The van der Waals surface area contributed by atoms with Crippen LogP contribution in [0, 0.1) is 0 Å². The first-order chi connectivity index (χ1) is 10.3. The fourth-order valence-corrected chi connectivity index (χ4v) is 2.33. The summed E-state index contributed by atoms with van der Waals surface area (Å²) in [5.74, 6) is 0.408. The number of pyridine rings is 1. The summed E-state index contributed by atoms with van der Waals surface area (Å²) in [5.41, 5.74) is -0.535. The molecule has 1 saturated heterocycles. The lowest BCUT2D eigenvalue weighted by molar-refractivity contribution is 0.0238. The van der Waals surface area contributed by atoms with Gasteiger partial charge < -0.3 is 19.1 Å². The van der Waals surface area contributed by atoms with Gasteiger partial charge >= 0.3 is 6.09 Å². The van der Waals surface area contributed by atoms with Gasteiger partial charge in [-0.1, -0.05) is 17.7 Å². The van der Waals surface area contributed by atoms with Crippen LogP contribution < -0.4 is 4.74 Å². The Labute approximate surface area is 135 Å². The topological polar surface area (TPSA) is 60.9 Å². The van der Waals surface area contributed by atoms with Crippen molar-refractivity contribution in [2.24, 2.45) is 0 Å².